The van der Waals surface area contributed by atoms with Crippen molar-refractivity contribution in [1.82, 2.24) is 0 Å². The highest BCUT2D eigenvalue weighted by Crippen LogP contribution is 2.27. The summed E-state index contributed by atoms with van der Waals surface area (Å²) < 4.78 is 5.04. The standard InChI is InChI=1S/C12H16N2O6/c1-8-10(13-2-4-20-5-3-15)6-9(12(16)17)7-11(8)14(18)19/h6-7,13,15H,2-5H2,1H3,(H,16,17). The van der Waals surface area contributed by atoms with Crippen molar-refractivity contribution < 1.29 is 24.7 Å². The Morgan fingerprint density at radius 1 is 1.45 bits per heavy atom. The molecule has 8 nitrogen and oxygen atoms in total. The number of benzene rings is 1. The van der Waals surface area contributed by atoms with Crippen molar-refractivity contribution in [3.8, 4) is 0 Å². The van der Waals surface area contributed by atoms with Crippen LogP contribution in [0.4, 0.5) is 11.4 Å². The molecule has 1 aromatic carbocycles. The van der Waals surface area contributed by atoms with Crippen LogP contribution in [0.5, 0.6) is 0 Å². The highest BCUT2D eigenvalue weighted by atomic mass is 16.6. The Morgan fingerprint density at radius 2 is 2.15 bits per heavy atom. The van der Waals surface area contributed by atoms with E-state index in [-0.39, 0.29) is 24.5 Å². The normalized spacial score (nSPS) is 10.3. The molecule has 0 heterocycles. The second kappa shape index (κ2) is 7.41. The van der Waals surface area contributed by atoms with Crippen LogP contribution in [0.3, 0.4) is 0 Å². The summed E-state index contributed by atoms with van der Waals surface area (Å²) in [6.07, 6.45) is 0. The Bertz CT molecular complexity index is 503. The second-order valence-corrected chi connectivity index (χ2v) is 3.99. The molecule has 0 atom stereocenters. The number of nitro groups is 1. The Balaban J connectivity index is 2.88. The van der Waals surface area contributed by atoms with Gasteiger partial charge in [-0.05, 0) is 13.0 Å². The maximum atomic E-state index is 11.0. The highest BCUT2D eigenvalue weighted by molar-refractivity contribution is 5.90. The predicted octanol–water partition coefficient (Wildman–Crippen LogP) is 1.02. The van der Waals surface area contributed by atoms with Gasteiger partial charge in [0.2, 0.25) is 0 Å². The number of aromatic carboxylic acids is 1. The number of carboxylic acid groups (broad SMARTS) is 1. The lowest BCUT2D eigenvalue weighted by Gasteiger charge is -2.11. The quantitative estimate of drug-likeness (QED) is 0.370. The smallest absolute Gasteiger partial charge is 0.336 e. The average molecular weight is 284 g/mol. The molecule has 0 fully saturated rings. The molecular weight excluding hydrogens is 268 g/mol. The summed E-state index contributed by atoms with van der Waals surface area (Å²) in [5, 5.41) is 31.3. The number of nitrogens with zero attached hydrogens (tertiary/aromatic N) is 1. The monoisotopic (exact) mass is 284 g/mol. The summed E-state index contributed by atoms with van der Waals surface area (Å²) in [6.45, 7) is 2.31. The number of aliphatic hydroxyl groups excluding tert-OH is 1. The van der Waals surface area contributed by atoms with Crippen LogP contribution >= 0.6 is 0 Å². The molecule has 0 aliphatic heterocycles. The highest BCUT2D eigenvalue weighted by Gasteiger charge is 2.18. The van der Waals surface area contributed by atoms with Gasteiger partial charge in [-0.1, -0.05) is 0 Å². The lowest BCUT2D eigenvalue weighted by molar-refractivity contribution is -0.385. The Labute approximate surface area is 115 Å². The van der Waals surface area contributed by atoms with Crippen molar-refractivity contribution in [2.75, 3.05) is 31.7 Å². The van der Waals surface area contributed by atoms with E-state index in [4.69, 9.17) is 14.9 Å². The molecule has 0 aliphatic rings. The van der Waals surface area contributed by atoms with E-state index in [0.29, 0.717) is 24.4 Å². The van der Waals surface area contributed by atoms with Crippen LogP contribution in [-0.2, 0) is 4.74 Å². The van der Waals surface area contributed by atoms with Crippen molar-refractivity contribution in [3.63, 3.8) is 0 Å². The second-order valence-electron chi connectivity index (χ2n) is 3.99. The number of hydrogen-bond acceptors (Lipinski definition) is 6. The molecule has 0 bridgehead atoms. The van der Waals surface area contributed by atoms with E-state index < -0.39 is 10.9 Å². The van der Waals surface area contributed by atoms with Gasteiger partial charge < -0.3 is 20.3 Å². The minimum atomic E-state index is -1.23. The number of carboxylic acids is 1. The maximum Gasteiger partial charge on any atom is 0.336 e. The molecular formula is C12H16N2O6. The third kappa shape index (κ3) is 4.18. The largest absolute Gasteiger partial charge is 0.478 e. The fraction of sp³-hybridized carbons (Fsp3) is 0.417. The molecule has 8 heteroatoms. The molecule has 0 amide bonds. The summed E-state index contributed by atoms with van der Waals surface area (Å²) in [5.74, 6) is -1.23. The van der Waals surface area contributed by atoms with Crippen molar-refractivity contribution in [3.05, 3.63) is 33.4 Å². The number of carbonyl (C=O) groups is 1. The van der Waals surface area contributed by atoms with Crippen molar-refractivity contribution in [2.45, 2.75) is 6.92 Å². The molecule has 0 saturated carbocycles. The van der Waals surface area contributed by atoms with Crippen LogP contribution in [0.25, 0.3) is 0 Å². The zero-order valence-corrected chi connectivity index (χ0v) is 11.0. The maximum absolute atomic E-state index is 11.0. The van der Waals surface area contributed by atoms with Gasteiger partial charge in [-0.25, -0.2) is 4.79 Å². The van der Waals surface area contributed by atoms with E-state index in [1.807, 2.05) is 0 Å². The van der Waals surface area contributed by atoms with E-state index in [1.165, 1.54) is 6.07 Å². The first kappa shape index (κ1) is 15.9. The lowest BCUT2D eigenvalue weighted by atomic mass is 10.1. The summed E-state index contributed by atoms with van der Waals surface area (Å²) in [7, 11) is 0. The number of aliphatic hydroxyl groups is 1. The van der Waals surface area contributed by atoms with Crippen molar-refractivity contribution in [1.29, 1.82) is 0 Å². The minimum absolute atomic E-state index is 0.0843. The van der Waals surface area contributed by atoms with Gasteiger partial charge in [0, 0.05) is 23.9 Å². The number of ether oxygens (including phenoxy) is 1. The van der Waals surface area contributed by atoms with Gasteiger partial charge in [0.05, 0.1) is 30.3 Å². The Hall–Kier alpha value is -2.19. The molecule has 3 N–H and O–H groups in total. The van der Waals surface area contributed by atoms with Gasteiger partial charge in [-0.15, -0.1) is 0 Å². The first-order valence-electron chi connectivity index (χ1n) is 5.92. The summed E-state index contributed by atoms with van der Waals surface area (Å²) >= 11 is 0. The molecule has 0 unspecified atom stereocenters. The summed E-state index contributed by atoms with van der Waals surface area (Å²) in [5.41, 5.74) is 0.344. The predicted molar refractivity (Wildman–Crippen MR) is 71.2 cm³/mol. The van der Waals surface area contributed by atoms with Crippen LogP contribution in [0.2, 0.25) is 0 Å². The summed E-state index contributed by atoms with van der Waals surface area (Å²) in [6, 6.07) is 2.38. The molecule has 110 valence electrons. The summed E-state index contributed by atoms with van der Waals surface area (Å²) in [4.78, 5) is 21.2. The molecule has 0 saturated heterocycles. The number of rotatable bonds is 8. The molecule has 1 aromatic rings. The van der Waals surface area contributed by atoms with Crippen LogP contribution < -0.4 is 5.32 Å². The zero-order chi connectivity index (χ0) is 15.1. The van der Waals surface area contributed by atoms with Gasteiger partial charge in [-0.2, -0.15) is 0 Å². The topological polar surface area (TPSA) is 122 Å². The zero-order valence-electron chi connectivity index (χ0n) is 11.0. The van der Waals surface area contributed by atoms with E-state index in [9.17, 15) is 14.9 Å². The molecule has 0 radical (unpaired) electrons. The van der Waals surface area contributed by atoms with Gasteiger partial charge in [0.15, 0.2) is 0 Å². The van der Waals surface area contributed by atoms with Crippen LogP contribution in [0.1, 0.15) is 15.9 Å². The van der Waals surface area contributed by atoms with Crippen molar-refractivity contribution in [2.24, 2.45) is 0 Å². The van der Waals surface area contributed by atoms with Gasteiger partial charge in [-0.3, -0.25) is 10.1 Å². The molecule has 1 rings (SSSR count). The Kier molecular flexibility index (Phi) is 5.88. The number of nitrogens with one attached hydrogen (secondary N) is 1. The number of anilines is 1. The molecule has 20 heavy (non-hydrogen) atoms. The van der Waals surface area contributed by atoms with Gasteiger partial charge in [0.25, 0.3) is 5.69 Å². The average Bonchev–Trinajstić information content (AvgIpc) is 2.39. The van der Waals surface area contributed by atoms with E-state index in [0.717, 1.165) is 6.07 Å². The van der Waals surface area contributed by atoms with Crippen LogP contribution in [0, 0.1) is 17.0 Å². The lowest BCUT2D eigenvalue weighted by Crippen LogP contribution is -2.13. The van der Waals surface area contributed by atoms with Crippen LogP contribution in [0.15, 0.2) is 12.1 Å². The number of hydrogen-bond donors (Lipinski definition) is 3. The van der Waals surface area contributed by atoms with Crippen molar-refractivity contribution >= 4 is 17.3 Å². The van der Waals surface area contributed by atoms with Gasteiger partial charge >= 0.3 is 5.97 Å². The molecule has 0 aliphatic carbocycles. The fourth-order valence-corrected chi connectivity index (χ4v) is 1.62. The first-order valence-corrected chi connectivity index (χ1v) is 5.92. The van der Waals surface area contributed by atoms with E-state index in [2.05, 4.69) is 5.32 Å². The third-order valence-corrected chi connectivity index (χ3v) is 2.62. The van der Waals surface area contributed by atoms with E-state index in [1.54, 1.807) is 6.92 Å². The molecule has 0 spiro atoms. The SMILES string of the molecule is Cc1c(NCCOCCO)cc(C(=O)O)cc1[N+](=O)[O-]. The fourth-order valence-electron chi connectivity index (χ4n) is 1.62. The van der Waals surface area contributed by atoms with E-state index >= 15 is 0 Å². The Morgan fingerprint density at radius 3 is 2.70 bits per heavy atom. The van der Waals surface area contributed by atoms with Gasteiger partial charge in [0.1, 0.15) is 0 Å². The molecule has 0 aromatic heterocycles. The third-order valence-electron chi connectivity index (χ3n) is 2.62. The minimum Gasteiger partial charge on any atom is -0.478 e. The first-order chi connectivity index (χ1) is 9.47. The number of nitro benzene ring substituents is 1. The van der Waals surface area contributed by atoms with Crippen LogP contribution in [-0.4, -0.2) is 47.5 Å².